The number of methoxy groups -OCH3 is 1. The number of nitrogens with zero attached hydrogens (tertiary/aromatic N) is 4. The van der Waals surface area contributed by atoms with Gasteiger partial charge < -0.3 is 35.2 Å². The Bertz CT molecular complexity index is 2120. The van der Waals surface area contributed by atoms with Crippen LogP contribution < -0.4 is 20.7 Å². The predicted molar refractivity (Wildman–Crippen MR) is 219 cm³/mol. The molecule has 57 heavy (non-hydrogen) atoms. The molecule has 0 radical (unpaired) electrons. The zero-order chi connectivity index (χ0) is 40.9. The minimum Gasteiger partial charge on any atom is -0.481 e. The van der Waals surface area contributed by atoms with Gasteiger partial charge in [0.2, 0.25) is 17.7 Å². The summed E-state index contributed by atoms with van der Waals surface area (Å²) in [6, 6.07) is 15.8. The number of piperidine rings is 1. The second-order valence-corrected chi connectivity index (χ2v) is 16.0. The number of anilines is 2. The second-order valence-electron chi connectivity index (χ2n) is 15.3. The van der Waals surface area contributed by atoms with E-state index >= 15 is 4.39 Å². The van der Waals surface area contributed by atoms with E-state index < -0.39 is 17.5 Å². The number of likely N-dealkylation sites (tertiary alicyclic amines) is 1. The molecule has 0 unspecified atom stereocenters. The van der Waals surface area contributed by atoms with Crippen molar-refractivity contribution in [2.75, 3.05) is 32.1 Å². The first-order valence-corrected chi connectivity index (χ1v) is 19.7. The summed E-state index contributed by atoms with van der Waals surface area (Å²) in [6.45, 7) is 9.08. The van der Waals surface area contributed by atoms with Gasteiger partial charge in [-0.25, -0.2) is 14.2 Å². The number of rotatable bonds is 12. The van der Waals surface area contributed by atoms with E-state index in [0.29, 0.717) is 81.9 Å². The minimum atomic E-state index is -0.717. The van der Waals surface area contributed by atoms with Gasteiger partial charge in [0, 0.05) is 80.1 Å². The average molecular weight is 821 g/mol. The minimum absolute atomic E-state index is 0.0475. The molecule has 2 aliphatic rings. The highest BCUT2D eigenvalue weighted by Gasteiger charge is 2.30. The van der Waals surface area contributed by atoms with Crippen LogP contribution in [0.3, 0.4) is 0 Å². The average Bonchev–Trinajstić information content (AvgIpc) is 3.59. The maximum absolute atomic E-state index is 15.8. The van der Waals surface area contributed by atoms with Crippen molar-refractivity contribution in [1.29, 1.82) is 0 Å². The van der Waals surface area contributed by atoms with Gasteiger partial charge in [0.05, 0.1) is 46.5 Å². The van der Waals surface area contributed by atoms with Gasteiger partial charge in [-0.3, -0.25) is 14.6 Å². The molecule has 2 saturated heterocycles. The first kappa shape index (κ1) is 41.6. The lowest BCUT2D eigenvalue weighted by molar-refractivity contribution is -0.130. The molecule has 4 heterocycles. The summed E-state index contributed by atoms with van der Waals surface area (Å²) in [5.41, 5.74) is 3.14. The molecule has 12 nitrogen and oxygen atoms in total. The largest absolute Gasteiger partial charge is 0.481 e. The summed E-state index contributed by atoms with van der Waals surface area (Å²) in [6.07, 6.45) is 3.73. The van der Waals surface area contributed by atoms with Crippen LogP contribution in [0.25, 0.3) is 22.5 Å². The van der Waals surface area contributed by atoms with E-state index in [1.54, 1.807) is 87.3 Å². The van der Waals surface area contributed by atoms with Crippen molar-refractivity contribution in [2.24, 2.45) is 0 Å². The summed E-state index contributed by atoms with van der Waals surface area (Å²) in [5.74, 6) is -0.0823. The van der Waals surface area contributed by atoms with Crippen LogP contribution in [0, 0.1) is 5.82 Å². The van der Waals surface area contributed by atoms with Gasteiger partial charge in [0.15, 0.2) is 5.82 Å². The number of halogens is 3. The molecule has 3 N–H and O–H groups in total. The molecule has 3 amide bonds. The Morgan fingerprint density at radius 1 is 0.982 bits per heavy atom. The normalized spacial score (nSPS) is 16.0. The van der Waals surface area contributed by atoms with Gasteiger partial charge in [-0.1, -0.05) is 47.5 Å². The summed E-state index contributed by atoms with van der Waals surface area (Å²) in [4.78, 5) is 49.6. The fraction of sp³-hybridized carbons (Fsp3) is 0.405. The zero-order valence-electron chi connectivity index (χ0n) is 32.8. The molecule has 6 rings (SSSR count). The van der Waals surface area contributed by atoms with E-state index in [9.17, 15) is 14.4 Å². The summed E-state index contributed by atoms with van der Waals surface area (Å²) < 4.78 is 27.2. The fourth-order valence-corrected chi connectivity index (χ4v) is 7.56. The van der Waals surface area contributed by atoms with E-state index in [1.165, 1.54) is 7.11 Å². The SMILES string of the molecule is COc1nc(-c2ccnc(-c3cccc(Nc4cccc(CNC5CCN(C(C)=O)CC5)c4F)c3Cl)c2Cl)ccc1CN(C[C@@H]1CCC(=O)N1)C(=O)OC(C)(C)C. The number of hydrogen-bond donors (Lipinski definition) is 3. The van der Waals surface area contributed by atoms with Crippen LogP contribution in [-0.2, 0) is 27.4 Å². The van der Waals surface area contributed by atoms with Gasteiger partial charge in [-0.2, -0.15) is 0 Å². The van der Waals surface area contributed by atoms with Crippen LogP contribution in [-0.4, -0.2) is 82.1 Å². The van der Waals surface area contributed by atoms with Gasteiger partial charge in [-0.15, -0.1) is 0 Å². The molecular formula is C42H48Cl2FN7O5. The van der Waals surface area contributed by atoms with E-state index in [0.717, 1.165) is 12.8 Å². The van der Waals surface area contributed by atoms with E-state index in [4.69, 9.17) is 37.7 Å². The molecule has 2 aliphatic heterocycles. The van der Waals surface area contributed by atoms with Crippen molar-refractivity contribution < 1.29 is 28.2 Å². The molecule has 0 spiro atoms. The summed E-state index contributed by atoms with van der Waals surface area (Å²) >= 11 is 14.0. The van der Waals surface area contributed by atoms with Crippen LogP contribution in [0.4, 0.5) is 20.6 Å². The van der Waals surface area contributed by atoms with Crippen LogP contribution in [0.5, 0.6) is 5.88 Å². The van der Waals surface area contributed by atoms with Crippen LogP contribution >= 0.6 is 23.2 Å². The molecule has 2 aromatic heterocycles. The zero-order valence-corrected chi connectivity index (χ0v) is 34.3. The number of amides is 3. The van der Waals surface area contributed by atoms with Crippen molar-refractivity contribution in [3.8, 4) is 28.4 Å². The standard InChI is InChI=1S/C42H48Cl2FN7O5/c1-25(53)51-20-17-28(18-21-51)47-22-26-8-6-11-34(38(26)45)49-33-10-7-9-31(36(33)43)39-37(44)30(16-19-46-39)32-14-12-27(40(50-32)56-5)23-52(41(55)57-42(2,3)4)24-29-13-15-35(54)48-29/h6-12,14,16,19,28-29,47,49H,13,15,17-18,20-24H2,1-5H3,(H,48,54)/t29-/m0/s1. The van der Waals surface area contributed by atoms with E-state index in [1.807, 2.05) is 11.0 Å². The maximum Gasteiger partial charge on any atom is 0.410 e. The Balaban J connectivity index is 1.20. The topological polar surface area (TPSA) is 138 Å². The molecule has 2 fully saturated rings. The smallest absolute Gasteiger partial charge is 0.410 e. The molecule has 0 aliphatic carbocycles. The fourth-order valence-electron chi connectivity index (χ4n) is 6.98. The molecular weight excluding hydrogens is 772 g/mol. The van der Waals surface area contributed by atoms with Gasteiger partial charge in [0.1, 0.15) is 5.60 Å². The van der Waals surface area contributed by atoms with Crippen molar-refractivity contribution in [3.05, 3.63) is 87.8 Å². The monoisotopic (exact) mass is 819 g/mol. The van der Waals surface area contributed by atoms with Crippen molar-refractivity contribution in [3.63, 3.8) is 0 Å². The summed E-state index contributed by atoms with van der Waals surface area (Å²) in [7, 11) is 1.50. The number of pyridine rings is 2. The van der Waals surface area contributed by atoms with Crippen LogP contribution in [0.15, 0.2) is 60.8 Å². The number of aromatic nitrogens is 2. The molecule has 0 bridgehead atoms. The number of nitrogens with one attached hydrogen (secondary N) is 3. The van der Waals surface area contributed by atoms with E-state index in [2.05, 4.69) is 20.9 Å². The van der Waals surface area contributed by atoms with Crippen molar-refractivity contribution >= 4 is 52.5 Å². The lowest BCUT2D eigenvalue weighted by Gasteiger charge is -2.31. The van der Waals surface area contributed by atoms with Crippen molar-refractivity contribution in [1.82, 2.24) is 30.4 Å². The van der Waals surface area contributed by atoms with E-state index in [-0.39, 0.29) is 48.6 Å². The van der Waals surface area contributed by atoms with Crippen LogP contribution in [0.2, 0.25) is 10.0 Å². The molecule has 302 valence electrons. The molecule has 2 aromatic carbocycles. The summed E-state index contributed by atoms with van der Waals surface area (Å²) in [5, 5.41) is 10.1. The Morgan fingerprint density at radius 3 is 2.40 bits per heavy atom. The Kier molecular flexibility index (Phi) is 13.2. The number of benzene rings is 2. The third-order valence-corrected chi connectivity index (χ3v) is 10.7. The number of hydrogen-bond acceptors (Lipinski definition) is 9. The number of carbonyl (C=O) groups is 3. The molecule has 15 heteroatoms. The Hall–Kier alpha value is -4.98. The van der Waals surface area contributed by atoms with Gasteiger partial charge in [0.25, 0.3) is 0 Å². The third kappa shape index (κ3) is 10.3. The van der Waals surface area contributed by atoms with Crippen molar-refractivity contribution in [2.45, 2.75) is 84.2 Å². The lowest BCUT2D eigenvalue weighted by Crippen LogP contribution is -2.44. The lowest BCUT2D eigenvalue weighted by atomic mass is 10.0. The first-order chi connectivity index (χ1) is 27.2. The highest BCUT2D eigenvalue weighted by Crippen LogP contribution is 2.41. The molecule has 4 aromatic rings. The van der Waals surface area contributed by atoms with Gasteiger partial charge >= 0.3 is 6.09 Å². The first-order valence-electron chi connectivity index (χ1n) is 19.0. The Labute approximate surface area is 342 Å². The van der Waals surface area contributed by atoms with Gasteiger partial charge in [-0.05, 0) is 70.4 Å². The quantitative estimate of drug-likeness (QED) is 0.129. The highest BCUT2D eigenvalue weighted by atomic mass is 35.5. The predicted octanol–water partition coefficient (Wildman–Crippen LogP) is 8.12. The number of ether oxygens (including phenoxy) is 2. The third-order valence-electron chi connectivity index (χ3n) is 9.96. The van der Waals surface area contributed by atoms with Crippen LogP contribution in [0.1, 0.15) is 64.5 Å². The molecule has 1 atom stereocenters. The highest BCUT2D eigenvalue weighted by molar-refractivity contribution is 6.39. The molecule has 0 saturated carbocycles. The second kappa shape index (κ2) is 18.1. The maximum atomic E-state index is 15.8. The number of carbonyl (C=O) groups excluding carboxylic acids is 3. The Morgan fingerprint density at radius 2 is 1.72 bits per heavy atom.